The van der Waals surface area contributed by atoms with Crippen LogP contribution < -0.4 is 0 Å². The Bertz CT molecular complexity index is 1070. The molecule has 1 aliphatic carbocycles. The van der Waals surface area contributed by atoms with Crippen LogP contribution in [0.4, 0.5) is 0 Å². The lowest BCUT2D eigenvalue weighted by Gasteiger charge is -2.31. The van der Waals surface area contributed by atoms with Crippen molar-refractivity contribution in [3.63, 3.8) is 0 Å². The molecule has 30 heavy (non-hydrogen) atoms. The molecule has 2 aliphatic rings. The molecule has 7 heteroatoms. The monoisotopic (exact) mass is 442 g/mol. The summed E-state index contributed by atoms with van der Waals surface area (Å²) in [6.07, 6.45) is 3.01. The van der Waals surface area contributed by atoms with Crippen LogP contribution >= 0.6 is 23.2 Å². The van der Waals surface area contributed by atoms with E-state index in [0.29, 0.717) is 23.4 Å². The first-order valence-corrected chi connectivity index (χ1v) is 10.5. The minimum Gasteiger partial charge on any atom is -0.272 e. The topological polar surface area (TPSA) is 57.7 Å². The van der Waals surface area contributed by atoms with Crippen LogP contribution in [0.1, 0.15) is 35.7 Å². The maximum atomic E-state index is 13.5. The fraction of sp³-hybridized carbons (Fsp3) is 0.261. The molecule has 0 aromatic heterocycles. The largest absolute Gasteiger partial charge is 0.274 e. The van der Waals surface area contributed by atoms with Gasteiger partial charge >= 0.3 is 0 Å². The first kappa shape index (κ1) is 20.6. The van der Waals surface area contributed by atoms with Gasteiger partial charge in [0.2, 0.25) is 0 Å². The third-order valence-corrected chi connectivity index (χ3v) is 6.36. The Hall–Kier alpha value is -2.63. The second-order valence-electron chi connectivity index (χ2n) is 7.63. The second-order valence-corrected chi connectivity index (χ2v) is 8.44. The minimum absolute atomic E-state index is 0.0208. The number of nitrogens with zero attached hydrogens (tertiary/aromatic N) is 2. The number of hydrogen-bond acceptors (Lipinski definition) is 3. The van der Waals surface area contributed by atoms with E-state index in [4.69, 9.17) is 23.2 Å². The van der Waals surface area contributed by atoms with Gasteiger partial charge in [0, 0.05) is 5.02 Å². The second kappa shape index (κ2) is 8.25. The number of amides is 3. The van der Waals surface area contributed by atoms with E-state index in [2.05, 4.69) is 0 Å². The zero-order chi connectivity index (χ0) is 21.4. The van der Waals surface area contributed by atoms with Gasteiger partial charge in [-0.1, -0.05) is 65.2 Å². The lowest BCUT2D eigenvalue weighted by molar-refractivity contribution is -0.155. The minimum atomic E-state index is -0.523. The first-order valence-electron chi connectivity index (χ1n) is 9.71. The lowest BCUT2D eigenvalue weighted by atomic mass is 9.82. The summed E-state index contributed by atoms with van der Waals surface area (Å²) >= 11 is 12.6. The Kier molecular flexibility index (Phi) is 5.67. The smallest absolute Gasteiger partial charge is 0.272 e. The van der Waals surface area contributed by atoms with Gasteiger partial charge in [-0.3, -0.25) is 14.4 Å². The van der Waals surface area contributed by atoms with Crippen molar-refractivity contribution in [2.24, 2.45) is 11.8 Å². The number of rotatable bonds is 4. The number of carbonyl (C=O) groups excluding carboxylic acids is 3. The highest BCUT2D eigenvalue weighted by atomic mass is 35.5. The number of imide groups is 1. The number of fused-ring (bicyclic) bond motifs is 1. The highest BCUT2D eigenvalue weighted by molar-refractivity contribution is 6.34. The summed E-state index contributed by atoms with van der Waals surface area (Å²) in [5, 5.41) is 2.89. The number of carbonyl (C=O) groups is 3. The summed E-state index contributed by atoms with van der Waals surface area (Å²) in [6, 6.07) is 13.6. The van der Waals surface area contributed by atoms with Crippen LogP contribution in [0.25, 0.3) is 0 Å². The molecule has 3 amide bonds. The van der Waals surface area contributed by atoms with Crippen LogP contribution in [-0.4, -0.2) is 27.7 Å². The molecule has 0 bridgehead atoms. The van der Waals surface area contributed by atoms with Crippen molar-refractivity contribution >= 4 is 40.9 Å². The van der Waals surface area contributed by atoms with Gasteiger partial charge in [0.25, 0.3) is 17.7 Å². The average Bonchev–Trinajstić information content (AvgIpc) is 2.97. The fourth-order valence-electron chi connectivity index (χ4n) is 4.05. The lowest BCUT2D eigenvalue weighted by Crippen LogP contribution is -2.50. The Morgan fingerprint density at radius 3 is 2.33 bits per heavy atom. The molecule has 1 heterocycles. The van der Waals surface area contributed by atoms with Crippen molar-refractivity contribution < 1.29 is 14.4 Å². The third-order valence-electron chi connectivity index (χ3n) is 5.66. The van der Waals surface area contributed by atoms with Gasteiger partial charge in [0.05, 0.1) is 29.0 Å². The quantitative estimate of drug-likeness (QED) is 0.500. The summed E-state index contributed by atoms with van der Waals surface area (Å²) in [7, 11) is 0. The highest BCUT2D eigenvalue weighted by Crippen LogP contribution is 2.39. The molecule has 154 valence electrons. The van der Waals surface area contributed by atoms with E-state index in [1.807, 2.05) is 13.0 Å². The number of hydrogen-bond donors (Lipinski definition) is 0. The van der Waals surface area contributed by atoms with E-state index in [9.17, 15) is 14.4 Å². The van der Waals surface area contributed by atoms with E-state index >= 15 is 0 Å². The van der Waals surface area contributed by atoms with Crippen molar-refractivity contribution in [2.45, 2.75) is 26.3 Å². The molecule has 2 aromatic rings. The summed E-state index contributed by atoms with van der Waals surface area (Å²) in [5.41, 5.74) is 1.93. The van der Waals surface area contributed by atoms with Gasteiger partial charge in [-0.15, -0.1) is 0 Å². The van der Waals surface area contributed by atoms with Gasteiger partial charge in [-0.05, 0) is 43.5 Å². The summed E-state index contributed by atoms with van der Waals surface area (Å²) in [6.45, 7) is 1.93. The van der Waals surface area contributed by atoms with E-state index in [1.54, 1.807) is 48.5 Å². The molecule has 1 fully saturated rings. The van der Waals surface area contributed by atoms with Crippen LogP contribution in [0.3, 0.4) is 0 Å². The van der Waals surface area contributed by atoms with Gasteiger partial charge in [-0.25, -0.2) is 5.01 Å². The van der Waals surface area contributed by atoms with Crippen molar-refractivity contribution in [1.29, 1.82) is 0 Å². The van der Waals surface area contributed by atoms with Crippen LogP contribution in [0.5, 0.6) is 0 Å². The maximum absolute atomic E-state index is 13.5. The van der Waals surface area contributed by atoms with Crippen molar-refractivity contribution in [3.05, 3.63) is 81.4 Å². The Morgan fingerprint density at radius 2 is 1.63 bits per heavy atom. The number of benzene rings is 2. The third kappa shape index (κ3) is 3.64. The number of allylic oxidation sites excluding steroid dienone is 2. The van der Waals surface area contributed by atoms with Gasteiger partial charge < -0.3 is 0 Å². The molecule has 0 spiro atoms. The van der Waals surface area contributed by atoms with Crippen LogP contribution in [-0.2, 0) is 16.1 Å². The van der Waals surface area contributed by atoms with Gasteiger partial charge in [0.15, 0.2) is 0 Å². The Morgan fingerprint density at radius 1 is 1.00 bits per heavy atom. The van der Waals surface area contributed by atoms with E-state index in [1.165, 1.54) is 5.01 Å². The molecule has 2 aromatic carbocycles. The summed E-state index contributed by atoms with van der Waals surface area (Å²) < 4.78 is 0. The van der Waals surface area contributed by atoms with Crippen molar-refractivity contribution in [2.75, 3.05) is 0 Å². The number of hydrazine groups is 1. The Balaban J connectivity index is 1.75. The van der Waals surface area contributed by atoms with Gasteiger partial charge in [-0.2, -0.15) is 5.01 Å². The van der Waals surface area contributed by atoms with Gasteiger partial charge in [0.1, 0.15) is 0 Å². The van der Waals surface area contributed by atoms with Crippen molar-refractivity contribution in [1.82, 2.24) is 10.0 Å². The molecular weight excluding hydrogens is 423 g/mol. The SMILES string of the molecule is CC1=CC[C@@H]2C(=O)N(N(Cc3ccccc3Cl)C(=O)c3ccccc3Cl)C(=O)[C@@H]2C1. The zero-order valence-corrected chi connectivity index (χ0v) is 17.9. The molecule has 0 radical (unpaired) electrons. The molecule has 1 saturated heterocycles. The van der Waals surface area contributed by atoms with E-state index < -0.39 is 17.7 Å². The molecule has 5 nitrogen and oxygen atoms in total. The molecule has 0 saturated carbocycles. The molecule has 2 atom stereocenters. The maximum Gasteiger partial charge on any atom is 0.274 e. The van der Waals surface area contributed by atoms with Crippen molar-refractivity contribution in [3.8, 4) is 0 Å². The predicted octanol–water partition coefficient (Wildman–Crippen LogP) is 4.89. The average molecular weight is 443 g/mol. The zero-order valence-electron chi connectivity index (χ0n) is 16.3. The molecule has 4 rings (SSSR count). The molecule has 0 unspecified atom stereocenters. The molecule has 0 N–H and O–H groups in total. The predicted molar refractivity (Wildman–Crippen MR) is 115 cm³/mol. The summed E-state index contributed by atoms with van der Waals surface area (Å²) in [5.74, 6) is -2.14. The molecular formula is C23H20Cl2N2O3. The highest BCUT2D eigenvalue weighted by Gasteiger charge is 2.51. The van der Waals surface area contributed by atoms with Crippen LogP contribution in [0.2, 0.25) is 10.0 Å². The van der Waals surface area contributed by atoms with Crippen LogP contribution in [0.15, 0.2) is 60.2 Å². The standard InChI is InChI=1S/C23H20Cl2N2O3/c1-14-10-11-16-18(12-14)23(30)27(22(16)29)26(13-15-6-2-4-8-19(15)24)21(28)17-7-3-5-9-20(17)25/h2-10,16,18H,11-13H2,1H3/t16-,18+/m0/s1. The number of halogens is 2. The molecule has 1 aliphatic heterocycles. The summed E-state index contributed by atoms with van der Waals surface area (Å²) in [4.78, 5) is 39.9. The van der Waals surface area contributed by atoms with Crippen LogP contribution in [0, 0.1) is 11.8 Å². The normalized spacial score (nSPS) is 20.8. The Labute approximate surface area is 184 Å². The first-order chi connectivity index (χ1) is 14.4. The van der Waals surface area contributed by atoms with E-state index in [0.717, 1.165) is 10.6 Å². The van der Waals surface area contributed by atoms with E-state index in [-0.39, 0.29) is 28.9 Å². The fourth-order valence-corrected chi connectivity index (χ4v) is 4.46.